The van der Waals surface area contributed by atoms with E-state index >= 15 is 0 Å². The van der Waals surface area contributed by atoms with Gasteiger partial charge in [-0.1, -0.05) is 0 Å². The molecule has 5 atom stereocenters. The zero-order valence-electron chi connectivity index (χ0n) is 15.4. The Morgan fingerprint density at radius 1 is 1.00 bits per heavy atom. The van der Waals surface area contributed by atoms with Crippen molar-refractivity contribution in [1.82, 2.24) is 0 Å². The average molecular weight is 673 g/mol. The zero-order chi connectivity index (χ0) is 19.7. The van der Waals surface area contributed by atoms with Gasteiger partial charge in [0.2, 0.25) is 0 Å². The van der Waals surface area contributed by atoms with Crippen molar-refractivity contribution in [3.8, 4) is 5.75 Å². The summed E-state index contributed by atoms with van der Waals surface area (Å²) in [4.78, 5) is 0. The Hall–Kier alpha value is 1.70. The van der Waals surface area contributed by atoms with Crippen molar-refractivity contribution in [1.29, 1.82) is 0 Å². The first-order valence-corrected chi connectivity index (χ1v) is 16.5. The summed E-state index contributed by atoms with van der Waals surface area (Å²) in [5.74, 6) is 0.101. The second-order valence-electron chi connectivity index (χ2n) is 7.25. The molecule has 2 aromatic carbocycles. The summed E-state index contributed by atoms with van der Waals surface area (Å²) in [6.45, 7) is -0.309. The Morgan fingerprint density at radius 2 is 1.67 bits per heavy atom. The van der Waals surface area contributed by atoms with Crippen LogP contribution in [0.4, 0.5) is 0 Å². The van der Waals surface area contributed by atoms with Crippen LogP contribution in [0.2, 0.25) is 0 Å². The van der Waals surface area contributed by atoms with Crippen LogP contribution in [-0.2, 0) is 6.42 Å². The van der Waals surface area contributed by atoms with Crippen molar-refractivity contribution >= 4 is 66.5 Å². The fourth-order valence-corrected chi connectivity index (χ4v) is 7.73. The predicted molar refractivity (Wildman–Crippen MR) is 103 cm³/mol. The van der Waals surface area contributed by atoms with Crippen LogP contribution in [0, 0.1) is 42.8 Å². The molecule has 0 amide bonds. The molecule has 1 aliphatic heterocycles. The molecule has 1 saturated heterocycles. The standard InChI is InChI=1S/C19H20O5S.Ra.Rb.H/c20-10-15-16(22)17(23)18(24)19(25-15)13-9-12(6-7-14(13)21)8-11-4-2-1-3-5-11;;;/h2-5,7,9,15-24H,8,10H2;;;/t15-,16-,17+,18-,19+;;;/m1.../s1. The molecule has 1 fully saturated rings. The molecule has 0 aliphatic carbocycles. The van der Waals surface area contributed by atoms with Crippen LogP contribution in [-0.4, -0.2) is 111 Å². The van der Waals surface area contributed by atoms with Gasteiger partial charge in [-0.05, 0) is 0 Å². The molecule has 3 rings (SSSR count). The quantitative estimate of drug-likeness (QED) is 0.284. The van der Waals surface area contributed by atoms with E-state index in [1.54, 1.807) is 6.07 Å². The number of rotatable bonds is 4. The first kappa shape index (κ1) is 23.4. The number of aliphatic hydroxyl groups excluding tert-OH is 4. The van der Waals surface area contributed by atoms with Crippen LogP contribution in [0.1, 0.15) is 21.9 Å². The SMILES string of the molecule is OC[C@H]1S[C@@H](c2cc(Cc3cc[c]([RaH])cc3)[c]([Rb])cc2O)[C@H](O)[C@@H](O)[C@@H]1O. The summed E-state index contributed by atoms with van der Waals surface area (Å²) in [6.07, 6.45) is -3.02. The number of aliphatic hydroxyl groups is 4. The van der Waals surface area contributed by atoms with Gasteiger partial charge in [0.05, 0.1) is 0 Å². The minimum atomic E-state index is -1.36. The number of hydrogen-bond acceptors (Lipinski definition) is 6. The third kappa shape index (κ3) is 5.50. The maximum absolute atomic E-state index is 10.5. The molecular formula is C19H21O5RaRbS. The van der Waals surface area contributed by atoms with E-state index in [0.29, 0.717) is 48.4 Å². The van der Waals surface area contributed by atoms with Crippen molar-refractivity contribution < 1.29 is 68.3 Å². The molecule has 0 saturated carbocycles. The summed E-state index contributed by atoms with van der Waals surface area (Å²) in [6, 6.07) is 12.3. The first-order chi connectivity index (χ1) is 12.8. The molecule has 2 aromatic rings. The van der Waals surface area contributed by atoms with E-state index in [-0.39, 0.29) is 67.9 Å². The monoisotopic (exact) mass is 672 g/mol. The molecule has 27 heavy (non-hydrogen) atoms. The van der Waals surface area contributed by atoms with Gasteiger partial charge in [0.15, 0.2) is 0 Å². The maximum atomic E-state index is 10.5. The Bertz CT molecular complexity index is 801. The fourth-order valence-electron chi connectivity index (χ4n) is 3.46. The summed E-state index contributed by atoms with van der Waals surface area (Å²) in [7, 11) is 0. The molecular weight excluding hydrogens is 652 g/mol. The average Bonchev–Trinajstić information content (AvgIpc) is 2.64. The number of hydrogen-bond donors (Lipinski definition) is 5. The summed E-state index contributed by atoms with van der Waals surface area (Å²) >= 11 is 1.73. The summed E-state index contributed by atoms with van der Waals surface area (Å²) in [5.41, 5.74) is 2.89. The van der Waals surface area contributed by atoms with E-state index in [0.717, 1.165) is 10.6 Å². The van der Waals surface area contributed by atoms with Gasteiger partial charge in [-0.15, -0.1) is 0 Å². The van der Waals surface area contributed by atoms with Crippen LogP contribution >= 0.6 is 11.8 Å². The van der Waals surface area contributed by atoms with Gasteiger partial charge in [0.1, 0.15) is 0 Å². The van der Waals surface area contributed by atoms with Crippen molar-refractivity contribution in [2.75, 3.05) is 6.61 Å². The molecule has 1 aliphatic rings. The van der Waals surface area contributed by atoms with Gasteiger partial charge in [-0.25, -0.2) is 0 Å². The van der Waals surface area contributed by atoms with Crippen LogP contribution in [0.15, 0.2) is 36.4 Å². The zero-order valence-corrected chi connectivity index (χ0v) is 29.4. The molecule has 5 nitrogen and oxygen atoms in total. The van der Waals surface area contributed by atoms with E-state index in [9.17, 15) is 25.5 Å². The van der Waals surface area contributed by atoms with Gasteiger partial charge in [-0.2, -0.15) is 0 Å². The minimum absolute atomic E-state index is 0.101. The number of phenolic OH excluding ortho intramolecular Hbond substituents is 1. The topological polar surface area (TPSA) is 101 Å². The van der Waals surface area contributed by atoms with Crippen molar-refractivity contribution in [2.45, 2.75) is 35.2 Å². The Labute approximate surface area is 231 Å². The Kier molecular flexibility index (Phi) is 8.95. The van der Waals surface area contributed by atoms with E-state index < -0.39 is 28.8 Å². The van der Waals surface area contributed by atoms with E-state index in [2.05, 4.69) is 24.3 Å². The second kappa shape index (κ2) is 10.3. The molecule has 1 heterocycles. The molecule has 8 heteroatoms. The normalized spacial score (nSPS) is 28.3. The van der Waals surface area contributed by atoms with Crippen LogP contribution in [0.5, 0.6) is 5.75 Å². The molecule has 0 bridgehead atoms. The molecule has 5 N–H and O–H groups in total. The van der Waals surface area contributed by atoms with Gasteiger partial charge in [-0.3, -0.25) is 0 Å². The number of aromatic hydroxyl groups is 1. The Morgan fingerprint density at radius 3 is 2.30 bits per heavy atom. The third-order valence-electron chi connectivity index (χ3n) is 5.20. The molecule has 0 spiro atoms. The number of benzene rings is 2. The van der Waals surface area contributed by atoms with E-state index in [1.165, 1.54) is 17.9 Å². The number of thioether (sulfide) groups is 1. The summed E-state index contributed by atoms with van der Waals surface area (Å²) in [5, 5.41) is 49.4. The van der Waals surface area contributed by atoms with Crippen LogP contribution in [0.25, 0.3) is 0 Å². The third-order valence-corrected chi connectivity index (χ3v) is 11.8. The van der Waals surface area contributed by atoms with Gasteiger partial charge < -0.3 is 0 Å². The molecule has 136 valence electrons. The van der Waals surface area contributed by atoms with Gasteiger partial charge in [0, 0.05) is 0 Å². The second-order valence-corrected chi connectivity index (χ2v) is 16.0. The van der Waals surface area contributed by atoms with Gasteiger partial charge >= 0.3 is 236 Å². The molecule has 0 aromatic heterocycles. The van der Waals surface area contributed by atoms with Gasteiger partial charge in [0.25, 0.3) is 0 Å². The fraction of sp³-hybridized carbons (Fsp3) is 0.368. The van der Waals surface area contributed by atoms with Crippen molar-refractivity contribution in [2.24, 2.45) is 0 Å². The first-order valence-electron chi connectivity index (χ1n) is 9.00. The Balaban J connectivity index is 1.94. The van der Waals surface area contributed by atoms with Crippen molar-refractivity contribution in [3.05, 3.63) is 53.1 Å². The molecule has 0 radical (unpaired) electrons. The summed E-state index contributed by atoms with van der Waals surface area (Å²) < 4.78 is 2.59. The van der Waals surface area contributed by atoms with Crippen LogP contribution in [0.3, 0.4) is 0 Å². The predicted octanol–water partition coefficient (Wildman–Crippen LogP) is -1.08. The number of phenols is 1. The van der Waals surface area contributed by atoms with E-state index in [1.807, 2.05) is 6.07 Å². The molecule has 0 unspecified atom stereocenters. The van der Waals surface area contributed by atoms with E-state index in [4.69, 9.17) is 0 Å². The van der Waals surface area contributed by atoms with Crippen molar-refractivity contribution in [3.63, 3.8) is 0 Å². The van der Waals surface area contributed by atoms with Crippen LogP contribution < -0.4 is -0.764 Å².